The fraction of sp³-hybridized carbons (Fsp3) is 0.591. The second-order valence-electron chi connectivity index (χ2n) is 14.6. The molecule has 1 fully saturated rings. The zero-order valence-corrected chi connectivity index (χ0v) is 32.7. The van der Waals surface area contributed by atoms with Crippen LogP contribution in [-0.4, -0.2) is 62.8 Å². The normalized spacial score (nSPS) is 15.1. The Bertz CT molecular complexity index is 1530. The minimum Gasteiger partial charge on any atom is -0.494 e. The summed E-state index contributed by atoms with van der Waals surface area (Å²) in [5.74, 6) is 0.520. The largest absolute Gasteiger partial charge is 0.494 e. The van der Waals surface area contributed by atoms with E-state index in [4.69, 9.17) is 9.47 Å². The lowest BCUT2D eigenvalue weighted by molar-refractivity contribution is -0.144. The molecule has 0 radical (unpaired) electrons. The van der Waals surface area contributed by atoms with Gasteiger partial charge in [0.2, 0.25) is 5.91 Å². The first-order valence-corrected chi connectivity index (χ1v) is 21.3. The number of amides is 1. The van der Waals surface area contributed by atoms with Crippen LogP contribution in [0.3, 0.4) is 0 Å². The van der Waals surface area contributed by atoms with E-state index in [0.717, 1.165) is 88.2 Å². The Hall–Kier alpha value is -3.36. The minimum absolute atomic E-state index is 0.00873. The van der Waals surface area contributed by atoms with Gasteiger partial charge in [-0.1, -0.05) is 82.6 Å². The predicted molar refractivity (Wildman–Crippen MR) is 218 cm³/mol. The standard InChI is InChI=1S/C44H63N3O4S/c1-2-3-4-5-6-7-8-9-10-11-12-13-14-15-16-22-44(49)51-36-47-41-35-38(25-23-37(41)24-26-43(47)48)50-33-18-17-28-45-29-31-46(32-30-45)40-20-19-21-42-39(40)27-34-52-42/h9-10,19-21,23,25,27,34-35H,2-8,11-18,22,24,26,28-33,36H2,1H3/b10-9-. The first-order chi connectivity index (χ1) is 25.6. The second kappa shape index (κ2) is 22.7. The molecule has 3 heterocycles. The van der Waals surface area contributed by atoms with Crippen molar-refractivity contribution >= 4 is 44.7 Å². The van der Waals surface area contributed by atoms with Crippen LogP contribution in [-0.2, 0) is 20.7 Å². The molecule has 0 saturated carbocycles. The summed E-state index contributed by atoms with van der Waals surface area (Å²) in [6, 6.07) is 14.9. The van der Waals surface area contributed by atoms with E-state index >= 15 is 0 Å². The summed E-state index contributed by atoms with van der Waals surface area (Å²) < 4.78 is 13.1. The van der Waals surface area contributed by atoms with Gasteiger partial charge in [-0.3, -0.25) is 19.4 Å². The van der Waals surface area contributed by atoms with Crippen molar-refractivity contribution < 1.29 is 19.1 Å². The van der Waals surface area contributed by atoms with E-state index in [2.05, 4.69) is 58.5 Å². The highest BCUT2D eigenvalue weighted by Gasteiger charge is 2.26. The molecule has 2 aliphatic heterocycles. The van der Waals surface area contributed by atoms with Crippen LogP contribution in [0, 0.1) is 0 Å². The van der Waals surface area contributed by atoms with Crippen LogP contribution >= 0.6 is 11.3 Å². The number of hydrogen-bond donors (Lipinski definition) is 0. The van der Waals surface area contributed by atoms with Crippen LogP contribution in [0.2, 0.25) is 0 Å². The van der Waals surface area contributed by atoms with Crippen molar-refractivity contribution in [2.45, 2.75) is 122 Å². The number of piperazine rings is 1. The number of hydrogen-bond acceptors (Lipinski definition) is 7. The Labute approximate surface area is 317 Å². The highest BCUT2D eigenvalue weighted by atomic mass is 32.1. The van der Waals surface area contributed by atoms with E-state index in [-0.39, 0.29) is 18.6 Å². The fourth-order valence-corrected chi connectivity index (χ4v) is 8.20. The highest BCUT2D eigenvalue weighted by molar-refractivity contribution is 7.17. The molecule has 284 valence electrons. The molecular formula is C44H63N3O4S. The quantitative estimate of drug-likeness (QED) is 0.0520. The summed E-state index contributed by atoms with van der Waals surface area (Å²) in [6.45, 7) is 8.23. The van der Waals surface area contributed by atoms with Crippen molar-refractivity contribution in [3.05, 3.63) is 65.6 Å². The third-order valence-corrected chi connectivity index (χ3v) is 11.5. The van der Waals surface area contributed by atoms with Gasteiger partial charge >= 0.3 is 5.97 Å². The fourth-order valence-electron chi connectivity index (χ4n) is 7.39. The lowest BCUT2D eigenvalue weighted by Crippen LogP contribution is -2.46. The monoisotopic (exact) mass is 729 g/mol. The number of ether oxygens (including phenoxy) is 2. The molecule has 0 spiro atoms. The number of carbonyl (C=O) groups is 2. The number of thiophene rings is 1. The zero-order valence-electron chi connectivity index (χ0n) is 31.8. The molecule has 1 aromatic heterocycles. The summed E-state index contributed by atoms with van der Waals surface area (Å²) in [5.41, 5.74) is 3.26. The number of anilines is 2. The number of aryl methyl sites for hydroxylation is 1. The summed E-state index contributed by atoms with van der Waals surface area (Å²) in [6.07, 6.45) is 24.2. The maximum atomic E-state index is 12.9. The lowest BCUT2D eigenvalue weighted by Gasteiger charge is -2.36. The van der Waals surface area contributed by atoms with Gasteiger partial charge in [-0.25, -0.2) is 0 Å². The second-order valence-corrected chi connectivity index (χ2v) is 15.5. The Morgan fingerprint density at radius 3 is 2.33 bits per heavy atom. The Kier molecular flexibility index (Phi) is 17.4. The van der Waals surface area contributed by atoms with E-state index in [1.165, 1.54) is 73.6 Å². The molecule has 0 N–H and O–H groups in total. The van der Waals surface area contributed by atoms with Crippen molar-refractivity contribution in [1.82, 2.24) is 4.90 Å². The van der Waals surface area contributed by atoms with Crippen molar-refractivity contribution in [2.24, 2.45) is 0 Å². The van der Waals surface area contributed by atoms with Gasteiger partial charge < -0.3 is 14.4 Å². The number of allylic oxidation sites excluding steroid dienone is 2. The van der Waals surface area contributed by atoms with E-state index in [0.29, 0.717) is 25.9 Å². The zero-order chi connectivity index (χ0) is 36.2. The van der Waals surface area contributed by atoms with Gasteiger partial charge in [0.25, 0.3) is 0 Å². The molecule has 52 heavy (non-hydrogen) atoms. The summed E-state index contributed by atoms with van der Waals surface area (Å²) in [5, 5.41) is 3.56. The van der Waals surface area contributed by atoms with Crippen LogP contribution in [0.25, 0.3) is 10.1 Å². The first kappa shape index (κ1) is 39.8. The molecule has 2 aliphatic rings. The number of benzene rings is 2. The highest BCUT2D eigenvalue weighted by Crippen LogP contribution is 2.33. The van der Waals surface area contributed by atoms with E-state index in [1.807, 2.05) is 29.5 Å². The van der Waals surface area contributed by atoms with Crippen molar-refractivity contribution in [2.75, 3.05) is 55.9 Å². The lowest BCUT2D eigenvalue weighted by atomic mass is 10.0. The van der Waals surface area contributed by atoms with Crippen LogP contribution in [0.5, 0.6) is 5.75 Å². The Morgan fingerprint density at radius 1 is 0.788 bits per heavy atom. The molecule has 5 rings (SSSR count). The molecule has 8 heteroatoms. The molecular weight excluding hydrogens is 667 g/mol. The predicted octanol–water partition coefficient (Wildman–Crippen LogP) is 10.7. The number of rotatable bonds is 24. The van der Waals surface area contributed by atoms with E-state index < -0.39 is 0 Å². The average molecular weight is 730 g/mol. The average Bonchev–Trinajstić information content (AvgIpc) is 3.66. The van der Waals surface area contributed by atoms with Gasteiger partial charge in [-0.05, 0) is 93.1 Å². The number of unbranched alkanes of at least 4 members (excludes halogenated alkanes) is 12. The topological polar surface area (TPSA) is 62.3 Å². The molecule has 0 bridgehead atoms. The first-order valence-electron chi connectivity index (χ1n) is 20.4. The summed E-state index contributed by atoms with van der Waals surface area (Å²) in [4.78, 5) is 32.1. The Morgan fingerprint density at radius 2 is 1.54 bits per heavy atom. The van der Waals surface area contributed by atoms with Crippen molar-refractivity contribution in [1.29, 1.82) is 0 Å². The molecule has 7 nitrogen and oxygen atoms in total. The molecule has 1 amide bonds. The smallest absolute Gasteiger partial charge is 0.307 e. The molecule has 0 aliphatic carbocycles. The van der Waals surface area contributed by atoms with E-state index in [9.17, 15) is 9.59 Å². The molecule has 1 saturated heterocycles. The molecule has 2 aromatic carbocycles. The minimum atomic E-state index is -0.230. The van der Waals surface area contributed by atoms with Crippen LogP contribution in [0.4, 0.5) is 11.4 Å². The van der Waals surface area contributed by atoms with Crippen LogP contribution in [0.1, 0.15) is 122 Å². The van der Waals surface area contributed by atoms with Gasteiger partial charge in [0, 0.05) is 60.9 Å². The maximum absolute atomic E-state index is 12.9. The number of fused-ring (bicyclic) bond motifs is 2. The maximum Gasteiger partial charge on any atom is 0.307 e. The van der Waals surface area contributed by atoms with Gasteiger partial charge in [0.15, 0.2) is 6.73 Å². The molecule has 0 unspecified atom stereocenters. The SMILES string of the molecule is CCCCCCCC/C=C\CCCCCCCC(=O)OCN1C(=O)CCc2ccc(OCCCCN3CCN(c4cccc5sccc45)CC3)cc21. The van der Waals surface area contributed by atoms with Gasteiger partial charge in [0.05, 0.1) is 12.3 Å². The van der Waals surface area contributed by atoms with Gasteiger partial charge in [-0.2, -0.15) is 0 Å². The van der Waals surface area contributed by atoms with Gasteiger partial charge in [-0.15, -0.1) is 11.3 Å². The summed E-state index contributed by atoms with van der Waals surface area (Å²) >= 11 is 1.81. The van der Waals surface area contributed by atoms with Crippen LogP contribution < -0.4 is 14.5 Å². The van der Waals surface area contributed by atoms with Crippen LogP contribution in [0.15, 0.2) is 60.0 Å². The number of carbonyl (C=O) groups excluding carboxylic acids is 2. The van der Waals surface area contributed by atoms with E-state index in [1.54, 1.807) is 4.90 Å². The molecule has 3 aromatic rings. The third-order valence-electron chi connectivity index (χ3n) is 10.6. The van der Waals surface area contributed by atoms with Crippen molar-refractivity contribution in [3.63, 3.8) is 0 Å². The number of nitrogens with zero attached hydrogens (tertiary/aromatic N) is 3. The Balaban J connectivity index is 0.916. The van der Waals surface area contributed by atoms with Crippen molar-refractivity contribution in [3.8, 4) is 5.75 Å². The summed E-state index contributed by atoms with van der Waals surface area (Å²) in [7, 11) is 0. The molecule has 0 atom stereocenters. The van der Waals surface area contributed by atoms with Gasteiger partial charge in [0.1, 0.15) is 5.75 Å². The third kappa shape index (κ3) is 12.9. The number of esters is 1.